The number of thiazole rings is 1. The van der Waals surface area contributed by atoms with Gasteiger partial charge in [-0.3, -0.25) is 14.9 Å². The number of para-hydroxylation sites is 2. The monoisotopic (exact) mass is 367 g/mol. The molecule has 2 heterocycles. The maximum atomic E-state index is 12.2. The van der Waals surface area contributed by atoms with E-state index >= 15 is 0 Å². The van der Waals surface area contributed by atoms with Crippen LogP contribution in [0.3, 0.4) is 0 Å². The van der Waals surface area contributed by atoms with Crippen molar-refractivity contribution in [3.8, 4) is 0 Å². The minimum absolute atomic E-state index is 0.0910. The Morgan fingerprint density at radius 1 is 1.27 bits per heavy atom. The number of nitrogens with zero attached hydrogens (tertiary/aromatic N) is 2. The van der Waals surface area contributed by atoms with Crippen LogP contribution in [0, 0.1) is 5.41 Å². The van der Waals surface area contributed by atoms with Crippen molar-refractivity contribution >= 4 is 45.3 Å². The number of rotatable bonds is 3. The van der Waals surface area contributed by atoms with Crippen LogP contribution in [0.5, 0.6) is 0 Å². The fraction of sp³-hybridized carbons (Fsp3) is 0.263. The molecule has 4 rings (SSSR count). The Balaban J connectivity index is 1.48. The van der Waals surface area contributed by atoms with E-state index < -0.39 is 0 Å². The molecule has 3 aromatic rings. The number of benzene rings is 1. The van der Waals surface area contributed by atoms with Gasteiger partial charge in [-0.1, -0.05) is 37.3 Å². The zero-order valence-electron chi connectivity index (χ0n) is 14.4. The lowest BCUT2D eigenvalue weighted by Crippen LogP contribution is -2.26. The normalized spacial score (nSPS) is 16.2. The first-order chi connectivity index (χ1) is 12.4. The number of carbonyl (C=O) groups excluding carboxylic acids is 2. The summed E-state index contributed by atoms with van der Waals surface area (Å²) in [4.78, 5) is 33.7. The second-order valence-corrected chi connectivity index (χ2v) is 8.08. The first-order valence-electron chi connectivity index (χ1n) is 8.27. The number of amides is 1. The summed E-state index contributed by atoms with van der Waals surface area (Å²) in [6, 6.07) is 7.39. The molecular formula is C19H17N3O3S. The summed E-state index contributed by atoms with van der Waals surface area (Å²) in [7, 11) is 0. The summed E-state index contributed by atoms with van der Waals surface area (Å²) in [6.07, 6.45) is 4.10. The number of anilines is 1. The van der Waals surface area contributed by atoms with Crippen LogP contribution < -0.4 is 5.32 Å². The predicted octanol–water partition coefficient (Wildman–Crippen LogP) is 4.09. The average Bonchev–Trinajstić information content (AvgIpc) is 3.15. The van der Waals surface area contributed by atoms with Gasteiger partial charge in [0.05, 0.1) is 10.6 Å². The number of hydrogen-bond acceptors (Lipinski definition) is 6. The van der Waals surface area contributed by atoms with Gasteiger partial charge in [0.15, 0.2) is 16.5 Å². The predicted molar refractivity (Wildman–Crippen MR) is 100 cm³/mol. The molecule has 0 fully saturated rings. The molecule has 0 saturated heterocycles. The summed E-state index contributed by atoms with van der Waals surface area (Å²) >= 11 is 1.23. The van der Waals surface area contributed by atoms with Crippen molar-refractivity contribution in [3.05, 3.63) is 46.8 Å². The van der Waals surface area contributed by atoms with E-state index in [0.717, 1.165) is 17.6 Å². The summed E-state index contributed by atoms with van der Waals surface area (Å²) in [5.74, 6) is 0.109. The van der Waals surface area contributed by atoms with Crippen LogP contribution in [0.15, 0.2) is 34.8 Å². The number of Topliss-reactive ketones (excluding diaryl/α,β-unsaturated/α-hetero) is 1. The average molecular weight is 367 g/mol. The molecule has 0 unspecified atom stereocenters. The number of ketones is 1. The first-order valence-corrected chi connectivity index (χ1v) is 9.09. The highest BCUT2D eigenvalue weighted by atomic mass is 32.1. The van der Waals surface area contributed by atoms with Gasteiger partial charge in [-0.05, 0) is 24.0 Å². The maximum Gasteiger partial charge on any atom is 0.250 e. The second-order valence-electron chi connectivity index (χ2n) is 7.08. The SMILES string of the molecule is CC1(C)CC(=O)c2sc(NC(=O)/C=C/c3nc4ccccc4o3)nc2C1. The Morgan fingerprint density at radius 2 is 2.08 bits per heavy atom. The molecule has 0 radical (unpaired) electrons. The third-order valence-corrected chi connectivity index (χ3v) is 5.21. The summed E-state index contributed by atoms with van der Waals surface area (Å²) in [6.45, 7) is 4.10. The van der Waals surface area contributed by atoms with E-state index in [9.17, 15) is 9.59 Å². The molecule has 26 heavy (non-hydrogen) atoms. The third kappa shape index (κ3) is 3.30. The van der Waals surface area contributed by atoms with Crippen LogP contribution in [0.2, 0.25) is 0 Å². The number of aromatic nitrogens is 2. The Labute approximate surface area is 154 Å². The van der Waals surface area contributed by atoms with Crippen molar-refractivity contribution < 1.29 is 14.0 Å². The van der Waals surface area contributed by atoms with E-state index in [1.165, 1.54) is 23.5 Å². The summed E-state index contributed by atoms with van der Waals surface area (Å²) < 4.78 is 5.54. The number of carbonyl (C=O) groups is 2. The van der Waals surface area contributed by atoms with Crippen molar-refractivity contribution in [3.63, 3.8) is 0 Å². The number of hydrogen-bond donors (Lipinski definition) is 1. The molecule has 7 heteroatoms. The topological polar surface area (TPSA) is 85.1 Å². The van der Waals surface area contributed by atoms with Gasteiger partial charge in [0, 0.05) is 18.6 Å². The highest BCUT2D eigenvalue weighted by molar-refractivity contribution is 7.17. The van der Waals surface area contributed by atoms with Crippen LogP contribution >= 0.6 is 11.3 Å². The summed E-state index contributed by atoms with van der Waals surface area (Å²) in [5, 5.41) is 3.15. The fourth-order valence-electron chi connectivity index (χ4n) is 3.03. The number of nitrogens with one attached hydrogen (secondary N) is 1. The zero-order valence-corrected chi connectivity index (χ0v) is 15.2. The standard InChI is InChI=1S/C19H17N3O3S/c1-19(2)9-12-17(13(23)10-19)26-18(21-12)22-15(24)7-8-16-20-11-5-3-4-6-14(11)25-16/h3-8H,9-10H2,1-2H3,(H,21,22,24)/b8-7+. The largest absolute Gasteiger partial charge is 0.437 e. The Kier molecular flexibility index (Phi) is 3.96. The van der Waals surface area contributed by atoms with Gasteiger partial charge in [0.2, 0.25) is 11.8 Å². The molecule has 132 valence electrons. The molecule has 1 aliphatic carbocycles. The molecule has 0 spiro atoms. The second kappa shape index (κ2) is 6.17. The van der Waals surface area contributed by atoms with E-state index in [1.54, 1.807) is 0 Å². The van der Waals surface area contributed by atoms with Gasteiger partial charge >= 0.3 is 0 Å². The molecular weight excluding hydrogens is 350 g/mol. The Morgan fingerprint density at radius 3 is 2.88 bits per heavy atom. The summed E-state index contributed by atoms with van der Waals surface area (Å²) in [5.41, 5.74) is 2.09. The van der Waals surface area contributed by atoms with E-state index in [1.807, 2.05) is 24.3 Å². The highest BCUT2D eigenvalue weighted by Crippen LogP contribution is 2.38. The van der Waals surface area contributed by atoms with Crippen molar-refractivity contribution in [1.29, 1.82) is 0 Å². The van der Waals surface area contributed by atoms with Crippen molar-refractivity contribution in [1.82, 2.24) is 9.97 Å². The number of fused-ring (bicyclic) bond motifs is 2. The van der Waals surface area contributed by atoms with Crippen LogP contribution in [-0.4, -0.2) is 21.7 Å². The molecule has 0 bridgehead atoms. The third-order valence-electron chi connectivity index (χ3n) is 4.15. The lowest BCUT2D eigenvalue weighted by Gasteiger charge is -2.26. The minimum atomic E-state index is -0.343. The van der Waals surface area contributed by atoms with E-state index in [-0.39, 0.29) is 17.1 Å². The fourth-order valence-corrected chi connectivity index (χ4v) is 3.95. The molecule has 6 nitrogen and oxygen atoms in total. The first kappa shape index (κ1) is 16.7. The molecule has 1 N–H and O–H groups in total. The Hall–Kier alpha value is -2.80. The molecule has 0 aliphatic heterocycles. The molecule has 0 atom stereocenters. The van der Waals surface area contributed by atoms with Crippen LogP contribution in [-0.2, 0) is 11.2 Å². The van der Waals surface area contributed by atoms with Gasteiger partial charge in [0.25, 0.3) is 0 Å². The van der Waals surface area contributed by atoms with Gasteiger partial charge in [-0.25, -0.2) is 9.97 Å². The quantitative estimate of drug-likeness (QED) is 0.705. The van der Waals surface area contributed by atoms with Gasteiger partial charge in [-0.2, -0.15) is 0 Å². The molecule has 1 aliphatic rings. The molecule has 0 saturated carbocycles. The highest BCUT2D eigenvalue weighted by Gasteiger charge is 2.33. The lowest BCUT2D eigenvalue weighted by molar-refractivity contribution is -0.111. The Bertz CT molecular complexity index is 1010. The van der Waals surface area contributed by atoms with Crippen LogP contribution in [0.25, 0.3) is 17.2 Å². The zero-order chi connectivity index (χ0) is 18.3. The van der Waals surface area contributed by atoms with E-state index in [0.29, 0.717) is 27.9 Å². The van der Waals surface area contributed by atoms with Gasteiger partial charge in [-0.15, -0.1) is 0 Å². The van der Waals surface area contributed by atoms with E-state index in [4.69, 9.17) is 4.42 Å². The smallest absolute Gasteiger partial charge is 0.250 e. The van der Waals surface area contributed by atoms with Gasteiger partial charge < -0.3 is 4.42 Å². The van der Waals surface area contributed by atoms with Crippen LogP contribution in [0.4, 0.5) is 5.13 Å². The van der Waals surface area contributed by atoms with Crippen molar-refractivity contribution in [2.45, 2.75) is 26.7 Å². The molecule has 1 amide bonds. The van der Waals surface area contributed by atoms with E-state index in [2.05, 4.69) is 29.1 Å². The maximum absolute atomic E-state index is 12.2. The molecule has 2 aromatic heterocycles. The molecule has 1 aromatic carbocycles. The van der Waals surface area contributed by atoms with Crippen molar-refractivity contribution in [2.75, 3.05) is 5.32 Å². The number of oxazole rings is 1. The minimum Gasteiger partial charge on any atom is -0.437 e. The van der Waals surface area contributed by atoms with Gasteiger partial charge in [0.1, 0.15) is 5.52 Å². The van der Waals surface area contributed by atoms with Crippen molar-refractivity contribution in [2.24, 2.45) is 5.41 Å². The lowest BCUT2D eigenvalue weighted by atomic mass is 9.78. The van der Waals surface area contributed by atoms with Crippen LogP contribution in [0.1, 0.15) is 41.5 Å².